The minimum absolute atomic E-state index is 0.270. The molecular formula is C8H13N5. The molecule has 2 rings (SSSR count). The van der Waals surface area contributed by atoms with Gasteiger partial charge in [0, 0.05) is 25.4 Å². The van der Waals surface area contributed by atoms with E-state index in [4.69, 9.17) is 5.73 Å². The molecule has 0 spiro atoms. The van der Waals surface area contributed by atoms with E-state index in [0.717, 1.165) is 13.0 Å². The van der Waals surface area contributed by atoms with Gasteiger partial charge in [-0.3, -0.25) is 9.67 Å². The van der Waals surface area contributed by atoms with Gasteiger partial charge < -0.3 is 11.1 Å². The maximum absolute atomic E-state index is 5.58. The zero-order chi connectivity index (χ0) is 9.26. The first-order chi connectivity index (χ1) is 6.25. The molecule has 0 aliphatic carbocycles. The molecular weight excluding hydrogens is 166 g/mol. The van der Waals surface area contributed by atoms with E-state index in [-0.39, 0.29) is 6.04 Å². The van der Waals surface area contributed by atoms with Crippen LogP contribution in [0.2, 0.25) is 0 Å². The monoisotopic (exact) mass is 179 g/mol. The van der Waals surface area contributed by atoms with Crippen molar-refractivity contribution in [3.05, 3.63) is 18.0 Å². The molecule has 1 atom stereocenters. The van der Waals surface area contributed by atoms with Crippen molar-refractivity contribution in [2.45, 2.75) is 12.5 Å². The topological polar surface area (TPSA) is 68.2 Å². The van der Waals surface area contributed by atoms with Gasteiger partial charge in [-0.15, -0.1) is 0 Å². The second-order valence-electron chi connectivity index (χ2n) is 3.20. The second kappa shape index (κ2) is 3.08. The average molecular weight is 179 g/mol. The first kappa shape index (κ1) is 8.10. The summed E-state index contributed by atoms with van der Waals surface area (Å²) < 4.78 is 1.79. The number of nitrogens with one attached hydrogen (secondary N) is 1. The van der Waals surface area contributed by atoms with Gasteiger partial charge >= 0.3 is 0 Å². The van der Waals surface area contributed by atoms with Crippen LogP contribution in [-0.4, -0.2) is 22.3 Å². The third kappa shape index (κ3) is 1.63. The molecule has 0 amide bonds. The number of hydrogen-bond acceptors (Lipinski definition) is 4. The van der Waals surface area contributed by atoms with Crippen LogP contribution < -0.4 is 11.1 Å². The van der Waals surface area contributed by atoms with Crippen LogP contribution in [0.3, 0.4) is 0 Å². The fourth-order valence-corrected chi connectivity index (χ4v) is 1.48. The fraction of sp³-hybridized carbons (Fsp3) is 0.500. The van der Waals surface area contributed by atoms with Crippen molar-refractivity contribution in [1.29, 1.82) is 0 Å². The third-order valence-electron chi connectivity index (χ3n) is 2.15. The Morgan fingerprint density at radius 2 is 2.54 bits per heavy atom. The summed E-state index contributed by atoms with van der Waals surface area (Å²) in [4.78, 5) is 4.07. The molecule has 1 aromatic heterocycles. The minimum atomic E-state index is 0.270. The zero-order valence-electron chi connectivity index (χ0n) is 7.57. The summed E-state index contributed by atoms with van der Waals surface area (Å²) in [6.07, 6.45) is 4.83. The first-order valence-electron chi connectivity index (χ1n) is 4.31. The lowest BCUT2D eigenvalue weighted by Crippen LogP contribution is -2.38. The number of aliphatic imine (C=N–C) groups is 1. The van der Waals surface area contributed by atoms with Crippen molar-refractivity contribution in [3.8, 4) is 0 Å². The lowest BCUT2D eigenvalue weighted by Gasteiger charge is -2.21. The summed E-state index contributed by atoms with van der Waals surface area (Å²) in [5.74, 6) is 0.528. The minimum Gasteiger partial charge on any atom is -0.370 e. The Balaban J connectivity index is 2.14. The normalized spacial score (nSPS) is 22.2. The Labute approximate surface area is 76.6 Å². The van der Waals surface area contributed by atoms with Gasteiger partial charge in [0.05, 0.1) is 12.2 Å². The van der Waals surface area contributed by atoms with E-state index in [1.165, 1.54) is 5.56 Å². The molecule has 0 saturated carbocycles. The number of hydrogen-bond donors (Lipinski definition) is 2. The van der Waals surface area contributed by atoms with Gasteiger partial charge in [-0.05, 0) is 6.42 Å². The molecule has 70 valence electrons. The highest BCUT2D eigenvalue weighted by molar-refractivity contribution is 5.78. The molecule has 13 heavy (non-hydrogen) atoms. The van der Waals surface area contributed by atoms with Crippen molar-refractivity contribution in [1.82, 2.24) is 15.1 Å². The first-order valence-corrected chi connectivity index (χ1v) is 4.31. The lowest BCUT2D eigenvalue weighted by atomic mass is 10.1. The molecule has 1 unspecified atom stereocenters. The van der Waals surface area contributed by atoms with Gasteiger partial charge in [0.25, 0.3) is 0 Å². The van der Waals surface area contributed by atoms with Crippen molar-refractivity contribution in [3.63, 3.8) is 0 Å². The number of nitrogens with two attached hydrogens (primary N) is 1. The number of nitrogens with zero attached hydrogens (tertiary/aromatic N) is 3. The molecule has 2 heterocycles. The molecule has 5 nitrogen and oxygen atoms in total. The molecule has 0 saturated heterocycles. The van der Waals surface area contributed by atoms with Crippen LogP contribution in [0.1, 0.15) is 18.0 Å². The largest absolute Gasteiger partial charge is 0.370 e. The maximum atomic E-state index is 5.58. The van der Waals surface area contributed by atoms with Crippen molar-refractivity contribution in [2.75, 3.05) is 6.54 Å². The second-order valence-corrected chi connectivity index (χ2v) is 3.20. The van der Waals surface area contributed by atoms with Crippen LogP contribution in [0.25, 0.3) is 0 Å². The van der Waals surface area contributed by atoms with Crippen LogP contribution in [0.15, 0.2) is 17.4 Å². The molecule has 0 aromatic carbocycles. The summed E-state index contributed by atoms with van der Waals surface area (Å²) in [5.41, 5.74) is 6.75. The van der Waals surface area contributed by atoms with E-state index < -0.39 is 0 Å². The van der Waals surface area contributed by atoms with E-state index >= 15 is 0 Å². The lowest BCUT2D eigenvalue weighted by molar-refractivity contribution is 0.568. The standard InChI is InChI=1S/C8H13N5/c1-13-5-6(4-11-13)7-2-3-10-8(9)12-7/h4-5,7H,2-3H2,1H3,(H3,9,10,12). The van der Waals surface area contributed by atoms with Crippen molar-refractivity contribution < 1.29 is 0 Å². The Morgan fingerprint density at radius 1 is 1.69 bits per heavy atom. The Kier molecular flexibility index (Phi) is 1.92. The molecule has 5 heteroatoms. The van der Waals surface area contributed by atoms with E-state index in [1.54, 1.807) is 4.68 Å². The average Bonchev–Trinajstić information content (AvgIpc) is 2.52. The highest BCUT2D eigenvalue weighted by atomic mass is 15.2. The molecule has 0 bridgehead atoms. The molecule has 0 fully saturated rings. The highest BCUT2D eigenvalue weighted by Gasteiger charge is 2.16. The summed E-state index contributed by atoms with van der Waals surface area (Å²) in [6.45, 7) is 0.790. The molecule has 1 aliphatic rings. The molecule has 1 aliphatic heterocycles. The van der Waals surface area contributed by atoms with Crippen LogP contribution in [0, 0.1) is 0 Å². The van der Waals surface area contributed by atoms with Gasteiger partial charge in [0.1, 0.15) is 0 Å². The van der Waals surface area contributed by atoms with Gasteiger partial charge in [-0.1, -0.05) is 0 Å². The molecule has 3 N–H and O–H groups in total. The quantitative estimate of drug-likeness (QED) is 0.625. The smallest absolute Gasteiger partial charge is 0.189 e. The maximum Gasteiger partial charge on any atom is 0.189 e. The van der Waals surface area contributed by atoms with Gasteiger partial charge in [0.2, 0.25) is 0 Å². The number of guanidine groups is 1. The van der Waals surface area contributed by atoms with Gasteiger partial charge in [-0.2, -0.15) is 5.10 Å². The third-order valence-corrected chi connectivity index (χ3v) is 2.15. The summed E-state index contributed by atoms with van der Waals surface area (Å²) in [6, 6.07) is 0.270. The summed E-state index contributed by atoms with van der Waals surface area (Å²) in [7, 11) is 1.91. The Hall–Kier alpha value is -1.52. The molecule has 1 aromatic rings. The van der Waals surface area contributed by atoms with Crippen LogP contribution in [0.5, 0.6) is 0 Å². The number of rotatable bonds is 1. The summed E-state index contributed by atoms with van der Waals surface area (Å²) in [5, 5.41) is 7.23. The van der Waals surface area contributed by atoms with Crippen LogP contribution in [-0.2, 0) is 7.05 Å². The van der Waals surface area contributed by atoms with E-state index in [2.05, 4.69) is 15.4 Å². The number of aromatic nitrogens is 2. The summed E-state index contributed by atoms with van der Waals surface area (Å²) >= 11 is 0. The number of aryl methyl sites for hydroxylation is 1. The van der Waals surface area contributed by atoms with Crippen molar-refractivity contribution in [2.24, 2.45) is 17.8 Å². The van der Waals surface area contributed by atoms with Gasteiger partial charge in [-0.25, -0.2) is 0 Å². The van der Waals surface area contributed by atoms with Crippen molar-refractivity contribution >= 4 is 5.96 Å². The zero-order valence-corrected chi connectivity index (χ0v) is 7.57. The predicted octanol–water partition coefficient (Wildman–Crippen LogP) is -0.231. The molecule has 0 radical (unpaired) electrons. The van der Waals surface area contributed by atoms with Gasteiger partial charge in [0.15, 0.2) is 5.96 Å². The Bertz CT molecular complexity index is 327. The van der Waals surface area contributed by atoms with Crippen LogP contribution in [0.4, 0.5) is 0 Å². The van der Waals surface area contributed by atoms with E-state index in [9.17, 15) is 0 Å². The van der Waals surface area contributed by atoms with E-state index in [0.29, 0.717) is 5.96 Å². The van der Waals surface area contributed by atoms with Crippen LogP contribution >= 0.6 is 0 Å². The van der Waals surface area contributed by atoms with E-state index in [1.807, 2.05) is 19.4 Å². The SMILES string of the molecule is Cn1cc(C2CCN=C(N)N2)cn1. The highest BCUT2D eigenvalue weighted by Crippen LogP contribution is 2.17. The predicted molar refractivity (Wildman–Crippen MR) is 50.2 cm³/mol. The Morgan fingerprint density at radius 3 is 3.15 bits per heavy atom. The fourth-order valence-electron chi connectivity index (χ4n) is 1.48.